The summed E-state index contributed by atoms with van der Waals surface area (Å²) in [7, 11) is 1.61. The fourth-order valence-corrected chi connectivity index (χ4v) is 6.22. The highest BCUT2D eigenvalue weighted by Crippen LogP contribution is 2.34. The van der Waals surface area contributed by atoms with E-state index in [0.717, 1.165) is 54.4 Å². The molecule has 1 unspecified atom stereocenters. The molecule has 0 saturated carbocycles. The predicted molar refractivity (Wildman–Crippen MR) is 158 cm³/mol. The first kappa shape index (κ1) is 29.1. The van der Waals surface area contributed by atoms with Gasteiger partial charge in [-0.05, 0) is 49.2 Å². The molecular weight excluding hydrogens is 536 g/mol. The van der Waals surface area contributed by atoms with Crippen LogP contribution in [0.15, 0.2) is 47.6 Å². The molecule has 0 radical (unpaired) electrons. The van der Waals surface area contributed by atoms with Crippen molar-refractivity contribution in [2.45, 2.75) is 32.1 Å². The molecule has 2 aromatic rings. The Morgan fingerprint density at radius 2 is 1.87 bits per heavy atom. The summed E-state index contributed by atoms with van der Waals surface area (Å²) in [6.07, 6.45) is 0.301. The summed E-state index contributed by atoms with van der Waals surface area (Å²) in [5, 5.41) is 8.88. The van der Waals surface area contributed by atoms with Gasteiger partial charge < -0.3 is 14.2 Å². The molecule has 2 amide bonds. The van der Waals surface area contributed by atoms with Crippen molar-refractivity contribution in [2.75, 3.05) is 56.8 Å². The lowest BCUT2D eigenvalue weighted by Crippen LogP contribution is -2.35. The summed E-state index contributed by atoms with van der Waals surface area (Å²) in [4.78, 5) is 27.4. The van der Waals surface area contributed by atoms with Gasteiger partial charge in [0.15, 0.2) is 11.5 Å². The number of carbonyl (C=O) groups excluding carboxylic acids is 2. The van der Waals surface area contributed by atoms with Crippen LogP contribution in [-0.4, -0.2) is 83.7 Å². The van der Waals surface area contributed by atoms with Gasteiger partial charge in [-0.2, -0.15) is 16.9 Å². The summed E-state index contributed by atoms with van der Waals surface area (Å²) in [5.74, 6) is 3.56. The summed E-state index contributed by atoms with van der Waals surface area (Å²) in [5.41, 5.74) is 3.26. The van der Waals surface area contributed by atoms with E-state index < -0.39 is 6.09 Å². The zero-order valence-corrected chi connectivity index (χ0v) is 24.3. The van der Waals surface area contributed by atoms with Crippen molar-refractivity contribution in [1.29, 1.82) is 0 Å². The van der Waals surface area contributed by atoms with E-state index in [2.05, 4.69) is 10.2 Å². The molecular formula is C28H36N4O5S2. The summed E-state index contributed by atoms with van der Waals surface area (Å²) >= 11 is 3.24. The first-order chi connectivity index (χ1) is 19.0. The van der Waals surface area contributed by atoms with Crippen molar-refractivity contribution < 1.29 is 23.8 Å². The number of carbonyl (C=O) groups is 2. The number of rotatable bonds is 11. The van der Waals surface area contributed by atoms with Crippen molar-refractivity contribution >= 4 is 46.3 Å². The summed E-state index contributed by atoms with van der Waals surface area (Å²) in [6.45, 7) is 7.99. The minimum absolute atomic E-state index is 0.0528. The van der Waals surface area contributed by atoms with E-state index in [4.69, 9.17) is 19.3 Å². The van der Waals surface area contributed by atoms with Crippen LogP contribution in [0.25, 0.3) is 0 Å². The lowest BCUT2D eigenvalue weighted by atomic mass is 10.0. The number of nitrogens with zero attached hydrogens (tertiary/aromatic N) is 3. The lowest BCUT2D eigenvalue weighted by Gasteiger charge is -2.28. The maximum absolute atomic E-state index is 12.9. The molecule has 1 fully saturated rings. The van der Waals surface area contributed by atoms with Crippen LogP contribution in [0.2, 0.25) is 0 Å². The Morgan fingerprint density at radius 3 is 2.56 bits per heavy atom. The Bertz CT molecular complexity index is 1160. The number of thioether (sulfide) groups is 2. The Labute approximate surface area is 238 Å². The van der Waals surface area contributed by atoms with Gasteiger partial charge in [-0.15, -0.1) is 0 Å². The van der Waals surface area contributed by atoms with Crippen LogP contribution in [-0.2, 0) is 11.3 Å². The molecule has 0 aliphatic carbocycles. The molecule has 0 bridgehead atoms. The number of nitrogens with one attached hydrogen (secondary N) is 1. The highest BCUT2D eigenvalue weighted by Gasteiger charge is 2.30. The van der Waals surface area contributed by atoms with Crippen molar-refractivity contribution in [1.82, 2.24) is 9.91 Å². The van der Waals surface area contributed by atoms with Crippen molar-refractivity contribution in [3.63, 3.8) is 0 Å². The van der Waals surface area contributed by atoms with E-state index in [1.165, 1.54) is 16.8 Å². The van der Waals surface area contributed by atoms with Crippen molar-refractivity contribution in [3.05, 3.63) is 53.6 Å². The van der Waals surface area contributed by atoms with Gasteiger partial charge in [0.25, 0.3) is 0 Å². The van der Waals surface area contributed by atoms with Gasteiger partial charge in [-0.25, -0.2) is 9.80 Å². The fraction of sp³-hybridized carbons (Fsp3) is 0.464. The number of benzene rings is 2. The Morgan fingerprint density at radius 1 is 1.10 bits per heavy atom. The quantitative estimate of drug-likeness (QED) is 0.375. The molecule has 2 aliphatic heterocycles. The van der Waals surface area contributed by atoms with Gasteiger partial charge in [0.2, 0.25) is 0 Å². The van der Waals surface area contributed by atoms with Crippen molar-refractivity contribution in [3.8, 4) is 11.5 Å². The number of amides is 2. The van der Waals surface area contributed by atoms with E-state index in [1.807, 2.05) is 55.9 Å². The molecule has 4 rings (SSSR count). The number of hydrazone groups is 1. The lowest BCUT2D eigenvalue weighted by molar-refractivity contribution is 0.142. The molecule has 2 aromatic carbocycles. The van der Waals surface area contributed by atoms with Crippen LogP contribution in [0.4, 0.5) is 15.3 Å². The number of ether oxygens (including phenoxy) is 3. The third kappa shape index (κ3) is 8.06. The molecule has 210 valence electrons. The van der Waals surface area contributed by atoms with Gasteiger partial charge in [0.1, 0.15) is 6.61 Å². The van der Waals surface area contributed by atoms with E-state index in [1.54, 1.807) is 19.2 Å². The minimum Gasteiger partial charge on any atom is -0.493 e. The third-order valence-electron chi connectivity index (χ3n) is 6.39. The van der Waals surface area contributed by atoms with Crippen molar-refractivity contribution in [2.24, 2.45) is 5.10 Å². The number of hydrogen-bond acceptors (Lipinski definition) is 9. The second-order valence-corrected chi connectivity index (χ2v) is 11.4. The average molecular weight is 573 g/mol. The first-order valence-electron chi connectivity index (χ1n) is 13.2. The third-order valence-corrected chi connectivity index (χ3v) is 8.59. The largest absolute Gasteiger partial charge is 0.493 e. The fourth-order valence-electron chi connectivity index (χ4n) is 4.31. The number of anilines is 1. The van der Waals surface area contributed by atoms with E-state index >= 15 is 0 Å². The highest BCUT2D eigenvalue weighted by molar-refractivity contribution is 8.14. The van der Waals surface area contributed by atoms with Crippen LogP contribution in [0, 0.1) is 0 Å². The highest BCUT2D eigenvalue weighted by atomic mass is 32.2. The SMILES string of the molecule is CCOc1cc(C2=NN(Cc3ccc(NC(=O)OCCN4CCSCC4)cc3)C(=O)SC2CC)ccc1OC. The zero-order chi connectivity index (χ0) is 27.6. The smallest absolute Gasteiger partial charge is 0.411 e. The molecule has 1 saturated heterocycles. The van der Waals surface area contributed by atoms with Crippen LogP contribution in [0.1, 0.15) is 31.4 Å². The van der Waals surface area contributed by atoms with Gasteiger partial charge in [0.05, 0.1) is 31.2 Å². The Balaban J connectivity index is 1.38. The molecule has 2 aliphatic rings. The van der Waals surface area contributed by atoms with Gasteiger partial charge >= 0.3 is 11.3 Å². The molecule has 0 spiro atoms. The van der Waals surface area contributed by atoms with Crippen LogP contribution >= 0.6 is 23.5 Å². The second kappa shape index (κ2) is 14.5. The average Bonchev–Trinajstić information content (AvgIpc) is 2.95. The van der Waals surface area contributed by atoms with E-state index in [9.17, 15) is 9.59 Å². The molecule has 2 heterocycles. The normalized spacial score (nSPS) is 17.9. The zero-order valence-electron chi connectivity index (χ0n) is 22.7. The van der Waals surface area contributed by atoms with Crippen LogP contribution < -0.4 is 14.8 Å². The molecule has 0 aromatic heterocycles. The minimum atomic E-state index is -0.470. The van der Waals surface area contributed by atoms with Gasteiger partial charge in [-0.3, -0.25) is 15.0 Å². The Kier molecular flexibility index (Phi) is 10.8. The Hall–Kier alpha value is -2.89. The topological polar surface area (TPSA) is 92.7 Å². The summed E-state index contributed by atoms with van der Waals surface area (Å²) < 4.78 is 16.5. The molecule has 9 nitrogen and oxygen atoms in total. The molecule has 11 heteroatoms. The number of methoxy groups -OCH3 is 1. The standard InChI is InChI=1S/C28H36N4O5S2/c1-4-25-26(21-8-11-23(35-3)24(18-21)36-5-2)30-32(28(34)39-25)19-20-6-9-22(10-7-20)29-27(33)37-15-12-31-13-16-38-17-14-31/h6-11,18,25H,4-5,12-17,19H2,1-3H3,(H,29,33). The van der Waals surface area contributed by atoms with E-state index in [-0.39, 0.29) is 10.5 Å². The monoisotopic (exact) mass is 572 g/mol. The second-order valence-electron chi connectivity index (χ2n) is 9.03. The maximum atomic E-state index is 12.9. The molecule has 1 N–H and O–H groups in total. The van der Waals surface area contributed by atoms with E-state index in [0.29, 0.717) is 36.9 Å². The van der Waals surface area contributed by atoms with Crippen LogP contribution in [0.5, 0.6) is 11.5 Å². The number of hydrogen-bond donors (Lipinski definition) is 1. The van der Waals surface area contributed by atoms with Gasteiger partial charge in [0, 0.05) is 42.4 Å². The summed E-state index contributed by atoms with van der Waals surface area (Å²) in [6, 6.07) is 13.1. The van der Waals surface area contributed by atoms with Crippen LogP contribution in [0.3, 0.4) is 0 Å². The molecule has 39 heavy (non-hydrogen) atoms. The predicted octanol–water partition coefficient (Wildman–Crippen LogP) is 5.54. The van der Waals surface area contributed by atoms with Gasteiger partial charge in [-0.1, -0.05) is 30.8 Å². The maximum Gasteiger partial charge on any atom is 0.411 e. The molecule has 1 atom stereocenters. The first-order valence-corrected chi connectivity index (χ1v) is 15.2.